The molecule has 0 aromatic heterocycles. The molecule has 5 nitrogen and oxygen atoms in total. The van der Waals surface area contributed by atoms with Gasteiger partial charge in [0.1, 0.15) is 5.82 Å². The zero-order valence-electron chi connectivity index (χ0n) is 15.9. The number of amides is 1. The second-order valence-electron chi connectivity index (χ2n) is 6.83. The quantitative estimate of drug-likeness (QED) is 0.584. The Kier molecular flexibility index (Phi) is 6.65. The first-order chi connectivity index (χ1) is 13.4. The Morgan fingerprint density at radius 1 is 1.25 bits per heavy atom. The summed E-state index contributed by atoms with van der Waals surface area (Å²) in [5.74, 6) is -0.527. The van der Waals surface area contributed by atoms with Crippen molar-refractivity contribution < 1.29 is 13.9 Å². The van der Waals surface area contributed by atoms with Crippen LogP contribution in [0.1, 0.15) is 34.3 Å². The SMILES string of the molecule is Cc1ccc(C(=O)NC(=NC[C@H]2CCCO2)Nc2ccc(F)c(Cl)c2)cc1C. The maximum atomic E-state index is 13.4. The molecule has 1 aliphatic rings. The van der Waals surface area contributed by atoms with Gasteiger partial charge in [-0.05, 0) is 68.1 Å². The highest BCUT2D eigenvalue weighted by Gasteiger charge is 2.16. The normalized spacial score (nSPS) is 16.9. The van der Waals surface area contributed by atoms with E-state index in [9.17, 15) is 9.18 Å². The van der Waals surface area contributed by atoms with Crippen molar-refractivity contribution in [2.45, 2.75) is 32.8 Å². The van der Waals surface area contributed by atoms with Crippen LogP contribution in [0.5, 0.6) is 0 Å². The zero-order valence-corrected chi connectivity index (χ0v) is 16.6. The summed E-state index contributed by atoms with van der Waals surface area (Å²) in [4.78, 5) is 17.1. The van der Waals surface area contributed by atoms with E-state index in [0.717, 1.165) is 30.6 Å². The topological polar surface area (TPSA) is 62.7 Å². The highest BCUT2D eigenvalue weighted by atomic mass is 35.5. The molecule has 0 radical (unpaired) electrons. The third-order valence-electron chi connectivity index (χ3n) is 4.66. The summed E-state index contributed by atoms with van der Waals surface area (Å²) < 4.78 is 19.0. The van der Waals surface area contributed by atoms with Crippen LogP contribution in [0.2, 0.25) is 5.02 Å². The number of ether oxygens (including phenoxy) is 1. The Balaban J connectivity index is 1.77. The van der Waals surface area contributed by atoms with Crippen molar-refractivity contribution >= 4 is 29.2 Å². The van der Waals surface area contributed by atoms with E-state index in [1.807, 2.05) is 26.0 Å². The first kappa shape index (κ1) is 20.3. The van der Waals surface area contributed by atoms with E-state index < -0.39 is 5.82 Å². The fraction of sp³-hybridized carbons (Fsp3) is 0.333. The van der Waals surface area contributed by atoms with Crippen molar-refractivity contribution in [2.75, 3.05) is 18.5 Å². The van der Waals surface area contributed by atoms with E-state index in [0.29, 0.717) is 17.8 Å². The van der Waals surface area contributed by atoms with Gasteiger partial charge in [-0.25, -0.2) is 9.38 Å². The first-order valence-electron chi connectivity index (χ1n) is 9.19. The summed E-state index contributed by atoms with van der Waals surface area (Å²) in [6, 6.07) is 9.74. The molecular formula is C21H23ClFN3O2. The van der Waals surface area contributed by atoms with Crippen LogP contribution in [0.4, 0.5) is 10.1 Å². The number of hydrogen-bond donors (Lipinski definition) is 2. The van der Waals surface area contributed by atoms with Gasteiger partial charge >= 0.3 is 0 Å². The van der Waals surface area contributed by atoms with Gasteiger partial charge in [0, 0.05) is 17.9 Å². The average Bonchev–Trinajstić information content (AvgIpc) is 3.18. The number of aryl methyl sites for hydroxylation is 2. The Morgan fingerprint density at radius 2 is 2.07 bits per heavy atom. The number of aliphatic imine (C=N–C) groups is 1. The van der Waals surface area contributed by atoms with Gasteiger partial charge < -0.3 is 10.1 Å². The highest BCUT2D eigenvalue weighted by molar-refractivity contribution is 6.31. The van der Waals surface area contributed by atoms with Crippen LogP contribution in [0.25, 0.3) is 0 Å². The number of hydrogen-bond acceptors (Lipinski definition) is 3. The minimum Gasteiger partial charge on any atom is -0.376 e. The van der Waals surface area contributed by atoms with Crippen LogP contribution in [0.3, 0.4) is 0 Å². The van der Waals surface area contributed by atoms with Crippen LogP contribution < -0.4 is 10.6 Å². The Hall–Kier alpha value is -2.44. The molecule has 0 unspecified atom stereocenters. The Labute approximate surface area is 169 Å². The monoisotopic (exact) mass is 403 g/mol. The number of carbonyl (C=O) groups is 1. The summed E-state index contributed by atoms with van der Waals surface area (Å²) in [6.07, 6.45) is 1.97. The second kappa shape index (κ2) is 9.17. The second-order valence-corrected chi connectivity index (χ2v) is 7.24. The predicted octanol–water partition coefficient (Wildman–Crippen LogP) is 4.47. The molecule has 0 spiro atoms. The van der Waals surface area contributed by atoms with Crippen molar-refractivity contribution in [3.05, 3.63) is 63.9 Å². The number of anilines is 1. The summed E-state index contributed by atoms with van der Waals surface area (Å²) in [7, 11) is 0. The van der Waals surface area contributed by atoms with Crippen molar-refractivity contribution in [3.8, 4) is 0 Å². The van der Waals surface area contributed by atoms with Gasteiger partial charge in [0.2, 0.25) is 5.96 Å². The molecule has 2 N–H and O–H groups in total. The summed E-state index contributed by atoms with van der Waals surface area (Å²) in [5, 5.41) is 5.79. The lowest BCUT2D eigenvalue weighted by Gasteiger charge is -2.14. The molecule has 1 saturated heterocycles. The van der Waals surface area contributed by atoms with Gasteiger partial charge in [-0.15, -0.1) is 0 Å². The number of carbonyl (C=O) groups excluding carboxylic acids is 1. The average molecular weight is 404 g/mol. The molecule has 7 heteroatoms. The zero-order chi connectivity index (χ0) is 20.1. The molecule has 2 aromatic rings. The smallest absolute Gasteiger partial charge is 0.257 e. The van der Waals surface area contributed by atoms with E-state index in [2.05, 4.69) is 15.6 Å². The lowest BCUT2D eigenvalue weighted by atomic mass is 10.1. The fourth-order valence-corrected chi connectivity index (χ4v) is 3.05. The number of halogens is 2. The minimum absolute atomic E-state index is 0.0102. The highest BCUT2D eigenvalue weighted by Crippen LogP contribution is 2.19. The van der Waals surface area contributed by atoms with Gasteiger partial charge in [0.05, 0.1) is 17.7 Å². The van der Waals surface area contributed by atoms with E-state index in [1.165, 1.54) is 18.2 Å². The molecule has 28 heavy (non-hydrogen) atoms. The van der Waals surface area contributed by atoms with Gasteiger partial charge in [0.15, 0.2) is 0 Å². The maximum Gasteiger partial charge on any atom is 0.257 e. The third-order valence-corrected chi connectivity index (χ3v) is 4.95. The molecule has 1 atom stereocenters. The Morgan fingerprint density at radius 3 is 2.75 bits per heavy atom. The summed E-state index contributed by atoms with van der Waals surface area (Å²) in [5.41, 5.74) is 3.21. The van der Waals surface area contributed by atoms with Crippen LogP contribution in [-0.4, -0.2) is 31.1 Å². The van der Waals surface area contributed by atoms with Crippen molar-refractivity contribution in [2.24, 2.45) is 4.99 Å². The number of rotatable bonds is 4. The molecule has 3 rings (SSSR count). The minimum atomic E-state index is -0.510. The molecular weight excluding hydrogens is 381 g/mol. The molecule has 2 aromatic carbocycles. The number of guanidine groups is 1. The maximum absolute atomic E-state index is 13.4. The van der Waals surface area contributed by atoms with Crippen LogP contribution in [0, 0.1) is 19.7 Å². The van der Waals surface area contributed by atoms with E-state index in [1.54, 1.807) is 6.07 Å². The van der Waals surface area contributed by atoms with Crippen LogP contribution in [-0.2, 0) is 4.74 Å². The van der Waals surface area contributed by atoms with Gasteiger partial charge in [0.25, 0.3) is 5.91 Å². The van der Waals surface area contributed by atoms with Crippen LogP contribution in [0.15, 0.2) is 41.4 Å². The molecule has 1 amide bonds. The molecule has 0 bridgehead atoms. The first-order valence-corrected chi connectivity index (χ1v) is 9.57. The lowest BCUT2D eigenvalue weighted by Crippen LogP contribution is -2.36. The molecule has 1 aliphatic heterocycles. The molecule has 148 valence electrons. The lowest BCUT2D eigenvalue weighted by molar-refractivity contribution is 0.0975. The van der Waals surface area contributed by atoms with E-state index >= 15 is 0 Å². The van der Waals surface area contributed by atoms with Crippen molar-refractivity contribution in [1.82, 2.24) is 5.32 Å². The van der Waals surface area contributed by atoms with Crippen molar-refractivity contribution in [3.63, 3.8) is 0 Å². The fourth-order valence-electron chi connectivity index (χ4n) is 2.86. The van der Waals surface area contributed by atoms with Gasteiger partial charge in [-0.3, -0.25) is 10.1 Å². The summed E-state index contributed by atoms with van der Waals surface area (Å²) in [6.45, 7) is 5.10. The van der Waals surface area contributed by atoms with Gasteiger partial charge in [-0.2, -0.15) is 0 Å². The number of nitrogens with zero attached hydrogens (tertiary/aromatic N) is 1. The largest absolute Gasteiger partial charge is 0.376 e. The number of nitrogens with one attached hydrogen (secondary N) is 2. The molecule has 1 heterocycles. The van der Waals surface area contributed by atoms with E-state index in [4.69, 9.17) is 16.3 Å². The molecule has 0 saturated carbocycles. The van der Waals surface area contributed by atoms with Crippen LogP contribution >= 0.6 is 11.6 Å². The summed E-state index contributed by atoms with van der Waals surface area (Å²) >= 11 is 5.85. The van der Waals surface area contributed by atoms with E-state index in [-0.39, 0.29) is 23.0 Å². The number of benzene rings is 2. The van der Waals surface area contributed by atoms with Crippen molar-refractivity contribution in [1.29, 1.82) is 0 Å². The third kappa shape index (κ3) is 5.30. The molecule has 0 aliphatic carbocycles. The standard InChI is InChI=1S/C21H23ClFN3O2/c1-13-5-6-15(10-14(13)2)20(27)26-21(24-12-17-4-3-9-28-17)25-16-7-8-19(23)18(22)11-16/h5-8,10-11,17H,3-4,9,12H2,1-2H3,(H2,24,25,26,27)/t17-/m1/s1. The van der Waals surface area contributed by atoms with Gasteiger partial charge in [-0.1, -0.05) is 17.7 Å². The Bertz CT molecular complexity index is 895. The predicted molar refractivity (Wildman–Crippen MR) is 110 cm³/mol. The molecule has 1 fully saturated rings.